The van der Waals surface area contributed by atoms with E-state index in [1.807, 2.05) is 0 Å². The second-order valence-electron chi connectivity index (χ2n) is 18.3. The second kappa shape index (κ2) is 37.2. The predicted molar refractivity (Wildman–Crippen MR) is 262 cm³/mol. The third-order valence-electron chi connectivity index (χ3n) is 13.5. The Kier molecular flexibility index (Phi) is 39.2. The van der Waals surface area contributed by atoms with Gasteiger partial charge >= 0.3 is 78.6 Å². The van der Waals surface area contributed by atoms with E-state index in [1.165, 1.54) is 158 Å². The zero-order valence-electron chi connectivity index (χ0n) is 41.6. The maximum absolute atomic E-state index is 2.34. The van der Waals surface area contributed by atoms with Gasteiger partial charge in [0.2, 0.25) is 0 Å². The molecule has 69 heavy (non-hydrogen) atoms. The number of fused-ring (bicyclic) bond motifs is 6. The molecule has 0 saturated heterocycles. The third-order valence-corrected chi connectivity index (χ3v) is 13.5. The van der Waals surface area contributed by atoms with Crippen LogP contribution < -0.4 is 74.4 Å². The van der Waals surface area contributed by atoms with Crippen LogP contribution in [-0.4, -0.2) is 0 Å². The molecule has 12 rings (SSSR count). The summed E-state index contributed by atoms with van der Waals surface area (Å²) < 4.78 is 0. The van der Waals surface area contributed by atoms with Crippen LogP contribution in [0.5, 0.6) is 0 Å². The molecule has 9 heteroatoms. The largest absolute Gasteiger partial charge is 4.00 e. The molecule has 4 aliphatic rings. The van der Waals surface area contributed by atoms with Crippen molar-refractivity contribution in [2.75, 3.05) is 0 Å². The average molecular weight is 1280 g/mol. The number of hydrogen-bond acceptors (Lipinski definition) is 0. The van der Waals surface area contributed by atoms with Gasteiger partial charge in [0.1, 0.15) is 0 Å². The summed E-state index contributed by atoms with van der Waals surface area (Å²) >= 11 is 0. The Balaban J connectivity index is -0.000000739. The molecular weight excluding hydrogens is 1210 g/mol. The van der Waals surface area contributed by atoms with Crippen LogP contribution in [0.4, 0.5) is 0 Å². The van der Waals surface area contributed by atoms with Crippen LogP contribution in [0.1, 0.15) is 129 Å². The molecule has 0 radical (unpaired) electrons. The first-order chi connectivity index (χ1) is 29.2. The summed E-state index contributed by atoms with van der Waals surface area (Å²) in [6.45, 7) is 13.0. The normalized spacial score (nSPS) is 12.8. The van der Waals surface area contributed by atoms with Crippen LogP contribution in [-0.2, 0) is 130 Å². The van der Waals surface area contributed by atoms with Crippen LogP contribution in [0.25, 0.3) is 21.5 Å². The van der Waals surface area contributed by atoms with E-state index in [4.69, 9.17) is 0 Å². The Morgan fingerprint density at radius 3 is 0.913 bits per heavy atom. The Hall–Kier alpha value is -0.551. The fraction of sp³-hybridized carbons (Fsp3) is 0.367. The molecule has 0 unspecified atom stereocenters. The fourth-order valence-corrected chi connectivity index (χ4v) is 10.0. The van der Waals surface area contributed by atoms with Gasteiger partial charge in [-0.3, -0.25) is 0 Å². The van der Waals surface area contributed by atoms with Gasteiger partial charge in [-0.15, -0.1) is 56.9 Å². The van der Waals surface area contributed by atoms with E-state index in [0.717, 1.165) is 0 Å². The first-order valence-corrected chi connectivity index (χ1v) is 23.4. The first-order valence-electron chi connectivity index (χ1n) is 23.4. The van der Waals surface area contributed by atoms with Crippen LogP contribution in [0.3, 0.4) is 0 Å². The Morgan fingerprint density at radius 2 is 0.594 bits per heavy atom. The quantitative estimate of drug-likeness (QED) is 0.157. The van der Waals surface area contributed by atoms with Gasteiger partial charge in [0, 0.05) is 0 Å². The molecule has 0 nitrogen and oxygen atoms in total. The van der Waals surface area contributed by atoms with Crippen LogP contribution >= 0.6 is 0 Å². The zero-order valence-corrected chi connectivity index (χ0v) is 53.5. The van der Waals surface area contributed by atoms with Gasteiger partial charge < -0.3 is 74.4 Å². The molecule has 0 atom stereocenters. The first kappa shape index (κ1) is 72.7. The van der Waals surface area contributed by atoms with Gasteiger partial charge in [0.15, 0.2) is 0 Å². The Morgan fingerprint density at radius 1 is 0.304 bits per heavy atom. The molecule has 0 saturated carbocycles. The third kappa shape index (κ3) is 20.9. The van der Waals surface area contributed by atoms with Crippen molar-refractivity contribution in [2.45, 2.75) is 144 Å². The predicted octanol–water partition coefficient (Wildman–Crippen LogP) is -1.88. The molecule has 0 fully saturated rings. The van der Waals surface area contributed by atoms with E-state index in [1.54, 1.807) is 44.5 Å². The average Bonchev–Trinajstić information content (AvgIpc) is 4.13. The summed E-state index contributed by atoms with van der Waals surface area (Å²) in [6.07, 6.45) is 21.8. The number of benzene rings is 2. The minimum Gasteiger partial charge on any atom is -1.00 e. The van der Waals surface area contributed by atoms with E-state index in [2.05, 4.69) is 163 Å². The molecule has 0 aliphatic heterocycles. The SMILES string of the molecule is Cc1cc2c([cH-]1)CCCC2.Cc1cc2c([cH-]1)CCCC2.Cc1ccc(C)c2[cH-]ccc12.Cc1ccc(C)c2[cH-]ccc12.[Cl-].[Cl-].[Cl-].[Cl-].[Cl-].[Cl-].[Zr+4].[Zr+4].[Zr+4].c1cc2c([cH-]1)CCCC2.c1cc2c([cH-]1)CCCC2. The summed E-state index contributed by atoms with van der Waals surface area (Å²) in [5.74, 6) is 0. The summed E-state index contributed by atoms with van der Waals surface area (Å²) in [5.41, 5.74) is 21.2. The summed E-state index contributed by atoms with van der Waals surface area (Å²) in [4.78, 5) is 0. The van der Waals surface area contributed by atoms with Crippen LogP contribution in [0.2, 0.25) is 0 Å². The number of rotatable bonds is 0. The molecule has 364 valence electrons. The van der Waals surface area contributed by atoms with E-state index in [0.29, 0.717) is 0 Å². The van der Waals surface area contributed by atoms with Gasteiger partial charge in [-0.05, 0) is 13.8 Å². The number of hydrogen-bond donors (Lipinski definition) is 0. The van der Waals surface area contributed by atoms with Crippen molar-refractivity contribution < 1.29 is 153 Å². The summed E-state index contributed by atoms with van der Waals surface area (Å²) in [5, 5.41) is 5.57. The Labute approximate surface area is 512 Å². The molecule has 8 aromatic carbocycles. The maximum atomic E-state index is 2.34. The zero-order chi connectivity index (χ0) is 41.8. The maximum Gasteiger partial charge on any atom is 4.00 e. The Bertz CT molecular complexity index is 2220. The monoisotopic (exact) mass is 1270 g/mol. The van der Waals surface area contributed by atoms with Crippen LogP contribution in [0, 0.1) is 41.5 Å². The van der Waals surface area contributed by atoms with Crippen molar-refractivity contribution in [2.24, 2.45) is 0 Å². The van der Waals surface area contributed by atoms with Crippen molar-refractivity contribution in [3.05, 3.63) is 199 Å². The van der Waals surface area contributed by atoms with Crippen molar-refractivity contribution >= 4 is 21.5 Å². The minimum absolute atomic E-state index is 0. The molecule has 0 bridgehead atoms. The molecule has 0 aromatic heterocycles. The molecule has 0 amide bonds. The van der Waals surface area contributed by atoms with Gasteiger partial charge in [-0.25, -0.2) is 24.3 Å². The fourth-order valence-electron chi connectivity index (χ4n) is 10.0. The van der Waals surface area contributed by atoms with Crippen molar-refractivity contribution in [1.29, 1.82) is 0 Å². The van der Waals surface area contributed by atoms with E-state index in [-0.39, 0.29) is 153 Å². The van der Waals surface area contributed by atoms with Crippen molar-refractivity contribution in [3.63, 3.8) is 0 Å². The number of aryl methyl sites for hydroxylation is 14. The van der Waals surface area contributed by atoms with E-state index < -0.39 is 0 Å². The summed E-state index contributed by atoms with van der Waals surface area (Å²) in [6, 6.07) is 44.4. The van der Waals surface area contributed by atoms with Gasteiger partial charge in [-0.1, -0.05) is 154 Å². The standard InChI is InChI=1S/2C11H11.2C10H13.2C9H11.6ClH.3Zr/c2*1-8-6-7-9(2)11-5-3-4-10(8)11;2*1-8-6-9-4-2-3-5-10(9)7-8;2*1-2-5-9-7-3-6-8(9)4-1;;;;;;;;;/h2*3-7H,1-2H3;2*6-7H,2-5H2,1H3;2*3,6-7H,1-2,4-5H2;6*1H;;;/q6*-1;;;;;;;3*+4/p-6. The van der Waals surface area contributed by atoms with Crippen molar-refractivity contribution in [1.82, 2.24) is 0 Å². The topological polar surface area (TPSA) is 0 Å². The van der Waals surface area contributed by atoms with E-state index >= 15 is 0 Å². The molecular formula is C60H70Cl6Zr3. The van der Waals surface area contributed by atoms with Crippen molar-refractivity contribution in [3.8, 4) is 0 Å². The smallest absolute Gasteiger partial charge is 1.00 e. The number of halogens is 6. The molecule has 0 heterocycles. The van der Waals surface area contributed by atoms with E-state index in [9.17, 15) is 0 Å². The molecule has 0 N–H and O–H groups in total. The van der Waals surface area contributed by atoms with Crippen LogP contribution in [0.15, 0.2) is 121 Å². The second-order valence-corrected chi connectivity index (χ2v) is 18.3. The molecule has 4 aliphatic carbocycles. The van der Waals surface area contributed by atoms with Gasteiger partial charge in [0.05, 0.1) is 0 Å². The summed E-state index contributed by atoms with van der Waals surface area (Å²) in [7, 11) is 0. The van der Waals surface area contributed by atoms with Gasteiger partial charge in [0.25, 0.3) is 0 Å². The van der Waals surface area contributed by atoms with Gasteiger partial charge in [-0.2, -0.15) is 116 Å². The minimum atomic E-state index is 0. The molecule has 8 aromatic rings. The molecule has 0 spiro atoms.